The van der Waals surface area contributed by atoms with E-state index < -0.39 is 0 Å². The van der Waals surface area contributed by atoms with Gasteiger partial charge in [0.05, 0.1) is 6.04 Å². The molecule has 1 aromatic rings. The fourth-order valence-electron chi connectivity index (χ4n) is 3.26. The molecule has 108 valence electrons. The van der Waals surface area contributed by atoms with Crippen molar-refractivity contribution in [2.24, 2.45) is 11.8 Å². The van der Waals surface area contributed by atoms with Gasteiger partial charge in [0, 0.05) is 19.0 Å². The first-order valence-corrected chi connectivity index (χ1v) is 7.82. The van der Waals surface area contributed by atoms with Gasteiger partial charge in [0.2, 0.25) is 0 Å². The second-order valence-electron chi connectivity index (χ2n) is 5.98. The van der Waals surface area contributed by atoms with Crippen LogP contribution in [0.5, 0.6) is 0 Å². The van der Waals surface area contributed by atoms with E-state index in [1.165, 1.54) is 24.8 Å². The number of allylic oxidation sites excluding steroid dienone is 2. The number of hydrogen-bond donors (Lipinski definition) is 3. The lowest BCUT2D eigenvalue weighted by Gasteiger charge is -2.22. The van der Waals surface area contributed by atoms with E-state index in [1.54, 1.807) is 0 Å². The Hall–Kier alpha value is -1.16. The number of benzene rings is 1. The van der Waals surface area contributed by atoms with E-state index >= 15 is 0 Å². The Morgan fingerprint density at radius 3 is 2.80 bits per heavy atom. The van der Waals surface area contributed by atoms with Gasteiger partial charge in [0.1, 0.15) is 0 Å². The summed E-state index contributed by atoms with van der Waals surface area (Å²) in [6.07, 6.45) is 8.49. The van der Waals surface area contributed by atoms with Crippen LogP contribution in [0.1, 0.15) is 30.9 Å². The van der Waals surface area contributed by atoms with Gasteiger partial charge in [-0.2, -0.15) is 0 Å². The zero-order valence-corrected chi connectivity index (χ0v) is 12.0. The van der Waals surface area contributed by atoms with Crippen LogP contribution in [0.15, 0.2) is 42.5 Å². The molecule has 1 aliphatic carbocycles. The molecule has 1 saturated heterocycles. The maximum atomic E-state index is 3.68. The van der Waals surface area contributed by atoms with Crippen molar-refractivity contribution in [1.29, 1.82) is 0 Å². The molecule has 0 saturated carbocycles. The van der Waals surface area contributed by atoms with Gasteiger partial charge in [-0.15, -0.1) is 0 Å². The van der Waals surface area contributed by atoms with E-state index in [4.69, 9.17) is 0 Å². The Bertz CT molecular complexity index is 429. The third kappa shape index (κ3) is 3.48. The van der Waals surface area contributed by atoms with Gasteiger partial charge in [-0.05, 0) is 37.3 Å². The Morgan fingerprint density at radius 1 is 1.10 bits per heavy atom. The summed E-state index contributed by atoms with van der Waals surface area (Å²) < 4.78 is 0. The van der Waals surface area contributed by atoms with Crippen LogP contribution in [0.3, 0.4) is 0 Å². The van der Waals surface area contributed by atoms with Crippen LogP contribution >= 0.6 is 0 Å². The van der Waals surface area contributed by atoms with Crippen molar-refractivity contribution >= 4 is 0 Å². The minimum Gasteiger partial charge on any atom is -0.316 e. The molecule has 2 aliphatic rings. The van der Waals surface area contributed by atoms with Crippen LogP contribution in [0.25, 0.3) is 0 Å². The van der Waals surface area contributed by atoms with Crippen LogP contribution < -0.4 is 16.2 Å². The number of nitrogens with one attached hydrogen (secondary N) is 3. The summed E-state index contributed by atoms with van der Waals surface area (Å²) in [5.74, 6) is 1.45. The summed E-state index contributed by atoms with van der Waals surface area (Å²) in [5, 5.41) is 3.68. The first-order chi connectivity index (χ1) is 9.93. The molecule has 1 aliphatic heterocycles. The Kier molecular flexibility index (Phi) is 4.85. The topological polar surface area (TPSA) is 36.1 Å². The van der Waals surface area contributed by atoms with Crippen LogP contribution in [0, 0.1) is 11.8 Å². The fraction of sp³-hybridized carbons (Fsp3) is 0.529. The number of rotatable bonds is 5. The SMILES string of the molecule is C1=CCC(CNCC2CNNC2c2ccccc2)CC1. The van der Waals surface area contributed by atoms with Crippen LogP contribution in [0.2, 0.25) is 0 Å². The lowest BCUT2D eigenvalue weighted by atomic mass is 9.93. The zero-order chi connectivity index (χ0) is 13.6. The molecule has 3 heteroatoms. The Labute approximate surface area is 121 Å². The highest BCUT2D eigenvalue weighted by atomic mass is 15.4. The predicted molar refractivity (Wildman–Crippen MR) is 83.2 cm³/mol. The first kappa shape index (κ1) is 13.8. The van der Waals surface area contributed by atoms with E-state index in [1.807, 2.05) is 0 Å². The highest BCUT2D eigenvalue weighted by molar-refractivity contribution is 5.20. The third-order valence-electron chi connectivity index (χ3n) is 4.47. The second-order valence-corrected chi connectivity index (χ2v) is 5.98. The third-order valence-corrected chi connectivity index (χ3v) is 4.47. The fourth-order valence-corrected chi connectivity index (χ4v) is 3.26. The lowest BCUT2D eigenvalue weighted by molar-refractivity contribution is 0.392. The Balaban J connectivity index is 1.48. The molecule has 1 heterocycles. The molecule has 20 heavy (non-hydrogen) atoms. The molecule has 3 atom stereocenters. The monoisotopic (exact) mass is 271 g/mol. The number of hydrogen-bond acceptors (Lipinski definition) is 3. The molecule has 0 amide bonds. The van der Waals surface area contributed by atoms with Crippen LogP contribution in [-0.4, -0.2) is 19.6 Å². The average Bonchev–Trinajstić information content (AvgIpc) is 2.98. The second kappa shape index (κ2) is 7.02. The molecule has 3 N–H and O–H groups in total. The first-order valence-electron chi connectivity index (χ1n) is 7.82. The molecule has 3 nitrogen and oxygen atoms in total. The standard InChI is InChI=1S/C17H25N3/c1-3-7-14(8-4-1)11-18-12-16-13-19-20-17(16)15-9-5-2-6-10-15/h1-3,5-6,9-10,14,16-20H,4,7-8,11-13H2. The maximum Gasteiger partial charge on any atom is 0.0515 e. The van der Waals surface area contributed by atoms with Crippen LogP contribution in [0.4, 0.5) is 0 Å². The largest absolute Gasteiger partial charge is 0.316 e. The number of hydrazine groups is 1. The van der Waals surface area contributed by atoms with E-state index in [0.717, 1.165) is 25.6 Å². The van der Waals surface area contributed by atoms with Crippen molar-refractivity contribution in [3.8, 4) is 0 Å². The molecular formula is C17H25N3. The summed E-state index contributed by atoms with van der Waals surface area (Å²) in [6.45, 7) is 3.28. The van der Waals surface area contributed by atoms with Crippen molar-refractivity contribution in [1.82, 2.24) is 16.2 Å². The van der Waals surface area contributed by atoms with Crippen LogP contribution in [-0.2, 0) is 0 Å². The van der Waals surface area contributed by atoms with Crippen molar-refractivity contribution in [3.05, 3.63) is 48.0 Å². The Morgan fingerprint density at radius 2 is 2.00 bits per heavy atom. The molecule has 0 aromatic heterocycles. The van der Waals surface area contributed by atoms with Gasteiger partial charge >= 0.3 is 0 Å². The quantitative estimate of drug-likeness (QED) is 0.720. The minimum atomic E-state index is 0.426. The highest BCUT2D eigenvalue weighted by Gasteiger charge is 2.27. The molecule has 3 unspecified atom stereocenters. The molecular weight excluding hydrogens is 246 g/mol. The minimum absolute atomic E-state index is 0.426. The van der Waals surface area contributed by atoms with E-state index in [2.05, 4.69) is 58.7 Å². The molecule has 3 rings (SSSR count). The van der Waals surface area contributed by atoms with Gasteiger partial charge in [-0.25, -0.2) is 5.43 Å². The highest BCUT2D eigenvalue weighted by Crippen LogP contribution is 2.24. The summed E-state index contributed by atoms with van der Waals surface area (Å²) in [7, 11) is 0. The summed E-state index contributed by atoms with van der Waals surface area (Å²) in [5.41, 5.74) is 8.10. The normalized spacial score (nSPS) is 29.7. The smallest absolute Gasteiger partial charge is 0.0515 e. The molecule has 0 radical (unpaired) electrons. The van der Waals surface area contributed by atoms with Crippen molar-refractivity contribution in [3.63, 3.8) is 0 Å². The molecule has 0 spiro atoms. The van der Waals surface area contributed by atoms with Gasteiger partial charge in [0.25, 0.3) is 0 Å². The zero-order valence-electron chi connectivity index (χ0n) is 12.0. The molecule has 1 fully saturated rings. The average molecular weight is 271 g/mol. The van der Waals surface area contributed by atoms with Gasteiger partial charge < -0.3 is 5.32 Å². The predicted octanol–water partition coefficient (Wildman–Crippen LogP) is 2.40. The van der Waals surface area contributed by atoms with Gasteiger partial charge in [-0.1, -0.05) is 42.5 Å². The van der Waals surface area contributed by atoms with E-state index in [0.29, 0.717) is 12.0 Å². The molecule has 0 bridgehead atoms. The maximum absolute atomic E-state index is 3.68. The van der Waals surface area contributed by atoms with E-state index in [9.17, 15) is 0 Å². The molecule has 1 aromatic carbocycles. The summed E-state index contributed by atoms with van der Waals surface area (Å²) in [4.78, 5) is 0. The van der Waals surface area contributed by atoms with Gasteiger partial charge in [0.15, 0.2) is 0 Å². The van der Waals surface area contributed by atoms with Crippen molar-refractivity contribution in [2.75, 3.05) is 19.6 Å². The summed E-state index contributed by atoms with van der Waals surface area (Å²) >= 11 is 0. The lowest BCUT2D eigenvalue weighted by Crippen LogP contribution is -2.32. The van der Waals surface area contributed by atoms with Gasteiger partial charge in [-0.3, -0.25) is 5.43 Å². The van der Waals surface area contributed by atoms with Crippen molar-refractivity contribution in [2.45, 2.75) is 25.3 Å². The van der Waals surface area contributed by atoms with Crippen molar-refractivity contribution < 1.29 is 0 Å². The van der Waals surface area contributed by atoms with E-state index in [-0.39, 0.29) is 0 Å². The summed E-state index contributed by atoms with van der Waals surface area (Å²) in [6, 6.07) is 11.2.